The topological polar surface area (TPSA) is 43.9 Å². The van der Waals surface area contributed by atoms with Crippen LogP contribution in [0.15, 0.2) is 132 Å². The molecule has 4 nitrogen and oxygen atoms in total. The maximum atomic E-state index is 6.39. The van der Waals surface area contributed by atoms with Crippen LogP contribution in [0.3, 0.4) is 0 Å². The average Bonchev–Trinajstić information content (AvgIpc) is 3.83. The molecule has 0 fully saturated rings. The van der Waals surface area contributed by atoms with E-state index < -0.39 is 0 Å². The molecule has 4 heterocycles. The van der Waals surface area contributed by atoms with Crippen LogP contribution in [-0.2, 0) is 5.41 Å². The van der Waals surface area contributed by atoms with Crippen LogP contribution in [-0.4, -0.2) is 14.5 Å². The Morgan fingerprint density at radius 2 is 1.27 bits per heavy atom. The molecule has 0 radical (unpaired) electrons. The molecule has 0 atom stereocenters. The third-order valence-electron chi connectivity index (χ3n) is 10.5. The number of para-hydroxylation sites is 3. The van der Waals surface area contributed by atoms with Crippen LogP contribution in [0.4, 0.5) is 0 Å². The largest absolute Gasteiger partial charge is 0.456 e. The summed E-state index contributed by atoms with van der Waals surface area (Å²) in [6.07, 6.45) is 0. The molecule has 6 aromatic carbocycles. The fourth-order valence-electron chi connectivity index (χ4n) is 8.18. The van der Waals surface area contributed by atoms with Gasteiger partial charge in [-0.25, -0.2) is 9.97 Å². The number of nitrogens with zero attached hydrogens (tertiary/aromatic N) is 3. The Morgan fingerprint density at radius 1 is 0.583 bits per heavy atom. The zero-order valence-corrected chi connectivity index (χ0v) is 27.1. The van der Waals surface area contributed by atoms with E-state index in [9.17, 15) is 0 Å². The Bertz CT molecular complexity index is 2940. The Labute approximate surface area is 279 Å². The Morgan fingerprint density at radius 3 is 2.08 bits per heavy atom. The van der Waals surface area contributed by atoms with Crippen LogP contribution < -0.4 is 0 Å². The van der Waals surface area contributed by atoms with Gasteiger partial charge in [-0.15, -0.1) is 11.3 Å². The smallest absolute Gasteiger partial charge is 0.236 e. The van der Waals surface area contributed by atoms with Gasteiger partial charge in [-0.3, -0.25) is 4.57 Å². The first-order valence-corrected chi connectivity index (χ1v) is 17.2. The molecule has 0 aliphatic heterocycles. The predicted molar refractivity (Wildman–Crippen MR) is 200 cm³/mol. The first-order valence-electron chi connectivity index (χ1n) is 16.3. The second-order valence-electron chi connectivity index (χ2n) is 13.4. The fraction of sp³-hybridized carbons (Fsp3) is 0.0698. The van der Waals surface area contributed by atoms with Crippen LogP contribution in [0.25, 0.3) is 92.4 Å². The normalized spacial score (nSPS) is 13.8. The van der Waals surface area contributed by atoms with E-state index in [0.717, 1.165) is 59.8 Å². The summed E-state index contributed by atoms with van der Waals surface area (Å²) in [5, 5.41) is 6.82. The lowest BCUT2D eigenvalue weighted by Gasteiger charge is -2.22. The highest BCUT2D eigenvalue weighted by molar-refractivity contribution is 7.25. The van der Waals surface area contributed by atoms with Crippen LogP contribution in [0.5, 0.6) is 0 Å². The molecule has 4 aromatic heterocycles. The van der Waals surface area contributed by atoms with E-state index in [4.69, 9.17) is 14.4 Å². The first kappa shape index (κ1) is 26.3. The summed E-state index contributed by atoms with van der Waals surface area (Å²) in [4.78, 5) is 11.8. The SMILES string of the molecule is CC1(C)c2ccccc2-c2ccc(-c3nc(-n4c5ccccc5c5ccccc54)nc4sc5cc6c(cc5c34)oc3ccccc36)cc21. The molecule has 0 N–H and O–H groups in total. The zero-order valence-electron chi connectivity index (χ0n) is 26.3. The van der Waals surface area contributed by atoms with Gasteiger partial charge >= 0.3 is 0 Å². The predicted octanol–water partition coefficient (Wildman–Crippen LogP) is 11.8. The van der Waals surface area contributed by atoms with E-state index in [0.29, 0.717) is 5.95 Å². The van der Waals surface area contributed by atoms with Crippen LogP contribution >= 0.6 is 11.3 Å². The molecule has 1 aliphatic carbocycles. The van der Waals surface area contributed by atoms with Crippen molar-refractivity contribution in [3.8, 4) is 28.3 Å². The summed E-state index contributed by atoms with van der Waals surface area (Å²) in [7, 11) is 0. The summed E-state index contributed by atoms with van der Waals surface area (Å²) >= 11 is 1.73. The molecule has 11 rings (SSSR count). The molecule has 10 aromatic rings. The molecule has 0 amide bonds. The average molecular weight is 634 g/mol. The van der Waals surface area contributed by atoms with Crippen LogP contribution in [0, 0.1) is 0 Å². The lowest BCUT2D eigenvalue weighted by Crippen LogP contribution is -2.15. The van der Waals surface area contributed by atoms with Gasteiger partial charge in [0.25, 0.3) is 0 Å². The van der Waals surface area contributed by atoms with Gasteiger partial charge in [0.2, 0.25) is 5.95 Å². The second-order valence-corrected chi connectivity index (χ2v) is 14.4. The van der Waals surface area contributed by atoms with E-state index >= 15 is 0 Å². The molecule has 0 spiro atoms. The molecular weight excluding hydrogens is 607 g/mol. The fourth-order valence-corrected chi connectivity index (χ4v) is 9.27. The van der Waals surface area contributed by atoms with Crippen molar-refractivity contribution < 1.29 is 4.42 Å². The minimum absolute atomic E-state index is 0.124. The van der Waals surface area contributed by atoms with Gasteiger partial charge < -0.3 is 4.42 Å². The number of benzene rings is 6. The molecule has 0 saturated carbocycles. The minimum atomic E-state index is -0.124. The number of hydrogen-bond donors (Lipinski definition) is 0. The number of rotatable bonds is 2. The van der Waals surface area contributed by atoms with Gasteiger partial charge in [0.05, 0.1) is 16.7 Å². The standard InChI is InChI=1S/C43H27N3OS/c1-43(2)32-15-7-3-11-25(32)26-20-19-24(21-33(26)43)40-39-31-22-37-30(29-14-6-10-18-36(29)47-37)23-38(31)48-41(39)45-42(44-40)46-34-16-8-4-12-27(34)28-13-5-9-17-35(28)46/h3-23H,1-2H3. The lowest BCUT2D eigenvalue weighted by atomic mass is 9.82. The highest BCUT2D eigenvalue weighted by atomic mass is 32.1. The van der Waals surface area contributed by atoms with E-state index in [1.807, 2.05) is 12.1 Å². The third-order valence-corrected chi connectivity index (χ3v) is 11.5. The van der Waals surface area contributed by atoms with Gasteiger partial charge in [-0.05, 0) is 58.7 Å². The number of thiophene rings is 1. The molecule has 0 unspecified atom stereocenters. The summed E-state index contributed by atoms with van der Waals surface area (Å²) < 4.78 is 9.79. The van der Waals surface area contributed by atoms with Crippen LogP contribution in [0.1, 0.15) is 25.0 Å². The third kappa shape index (κ3) is 3.38. The Kier molecular flexibility index (Phi) is 5.03. The second kappa shape index (κ2) is 9.18. The molecule has 48 heavy (non-hydrogen) atoms. The van der Waals surface area contributed by atoms with Crippen LogP contribution in [0.2, 0.25) is 0 Å². The van der Waals surface area contributed by atoms with Gasteiger partial charge in [0.15, 0.2) is 0 Å². The van der Waals surface area contributed by atoms with Gasteiger partial charge in [-0.1, -0.05) is 105 Å². The highest BCUT2D eigenvalue weighted by Gasteiger charge is 2.35. The maximum Gasteiger partial charge on any atom is 0.236 e. The van der Waals surface area contributed by atoms with Crippen molar-refractivity contribution in [3.63, 3.8) is 0 Å². The summed E-state index contributed by atoms with van der Waals surface area (Å²) in [5.41, 5.74) is 11.2. The molecule has 5 heteroatoms. The highest BCUT2D eigenvalue weighted by Crippen LogP contribution is 2.50. The summed E-state index contributed by atoms with van der Waals surface area (Å²) in [5.74, 6) is 0.679. The monoisotopic (exact) mass is 633 g/mol. The van der Waals surface area contributed by atoms with Gasteiger partial charge in [0.1, 0.15) is 16.0 Å². The Hall–Kier alpha value is -5.78. The number of fused-ring (bicyclic) bond motifs is 12. The first-order chi connectivity index (χ1) is 23.5. The van der Waals surface area contributed by atoms with Crippen molar-refractivity contribution in [3.05, 3.63) is 139 Å². The molecule has 0 saturated heterocycles. The number of furan rings is 1. The number of hydrogen-bond acceptors (Lipinski definition) is 4. The maximum absolute atomic E-state index is 6.39. The quantitative estimate of drug-likeness (QED) is 0.190. The van der Waals surface area contributed by atoms with E-state index in [-0.39, 0.29) is 5.41 Å². The number of aromatic nitrogens is 3. The van der Waals surface area contributed by atoms with Crippen molar-refractivity contribution >= 4 is 75.4 Å². The van der Waals surface area contributed by atoms with E-state index in [2.05, 4.69) is 134 Å². The minimum Gasteiger partial charge on any atom is -0.456 e. The van der Waals surface area contributed by atoms with Crippen molar-refractivity contribution in [1.82, 2.24) is 14.5 Å². The van der Waals surface area contributed by atoms with E-state index in [1.54, 1.807) is 11.3 Å². The van der Waals surface area contributed by atoms with E-state index in [1.165, 1.54) is 37.7 Å². The molecule has 226 valence electrons. The van der Waals surface area contributed by atoms with Crippen molar-refractivity contribution in [2.75, 3.05) is 0 Å². The zero-order chi connectivity index (χ0) is 31.7. The molecular formula is C43H27N3OS. The summed E-state index contributed by atoms with van der Waals surface area (Å²) in [6, 6.07) is 45.6. The van der Waals surface area contributed by atoms with Gasteiger partial charge in [0, 0.05) is 48.0 Å². The van der Waals surface area contributed by atoms with Crippen molar-refractivity contribution in [2.24, 2.45) is 0 Å². The molecule has 1 aliphatic rings. The lowest BCUT2D eigenvalue weighted by molar-refractivity contribution is 0.660. The molecule has 0 bridgehead atoms. The van der Waals surface area contributed by atoms with Gasteiger partial charge in [-0.2, -0.15) is 0 Å². The van der Waals surface area contributed by atoms with Crippen molar-refractivity contribution in [2.45, 2.75) is 19.3 Å². The Balaban J connectivity index is 1.25. The summed E-state index contributed by atoms with van der Waals surface area (Å²) in [6.45, 7) is 4.66. The van der Waals surface area contributed by atoms with Crippen molar-refractivity contribution in [1.29, 1.82) is 0 Å².